The lowest BCUT2D eigenvalue weighted by molar-refractivity contribution is 0.664. The zero-order valence-electron chi connectivity index (χ0n) is 29.0. The number of pyridine rings is 1. The first-order valence-electron chi connectivity index (χ1n) is 18.2. The summed E-state index contributed by atoms with van der Waals surface area (Å²) >= 11 is 1.85. The third-order valence-electron chi connectivity index (χ3n) is 10.5. The van der Waals surface area contributed by atoms with Crippen molar-refractivity contribution in [3.63, 3.8) is 0 Å². The highest BCUT2D eigenvalue weighted by Crippen LogP contribution is 2.42. The molecule has 1 unspecified atom stereocenters. The number of aliphatic imine (C=N–C) groups is 1. The molecule has 0 radical (unpaired) electrons. The molecule has 0 saturated carbocycles. The lowest BCUT2D eigenvalue weighted by atomic mass is 9.97. The third-order valence-corrected chi connectivity index (χ3v) is 11.7. The molecule has 1 atom stereocenters. The predicted molar refractivity (Wildman–Crippen MR) is 226 cm³/mol. The Balaban J connectivity index is 1.02. The topological polar surface area (TPSA) is 50.4 Å². The van der Waals surface area contributed by atoms with E-state index in [-0.39, 0.29) is 6.17 Å². The largest absolute Gasteiger partial charge is 0.455 e. The molecule has 7 aromatic carbocycles. The van der Waals surface area contributed by atoms with Gasteiger partial charge in [0.2, 0.25) is 0 Å². The quantitative estimate of drug-likeness (QED) is 0.194. The van der Waals surface area contributed by atoms with Crippen LogP contribution < -0.4 is 5.32 Å². The molecule has 1 aliphatic heterocycles. The Hall–Kier alpha value is -6.82. The van der Waals surface area contributed by atoms with Crippen LogP contribution in [0, 0.1) is 0 Å². The van der Waals surface area contributed by atoms with E-state index in [1.54, 1.807) is 0 Å². The monoisotopic (exact) mass is 709 g/mol. The van der Waals surface area contributed by atoms with E-state index in [0.29, 0.717) is 0 Å². The Morgan fingerprint density at radius 3 is 2.11 bits per heavy atom. The maximum absolute atomic E-state index is 6.59. The van der Waals surface area contributed by atoms with E-state index >= 15 is 0 Å². The van der Waals surface area contributed by atoms with Gasteiger partial charge in [-0.05, 0) is 58.7 Å². The van der Waals surface area contributed by atoms with Crippen molar-refractivity contribution in [1.82, 2.24) is 10.3 Å². The van der Waals surface area contributed by atoms with E-state index in [2.05, 4.69) is 163 Å². The van der Waals surface area contributed by atoms with Crippen LogP contribution in [0.3, 0.4) is 0 Å². The van der Waals surface area contributed by atoms with Crippen LogP contribution >= 0.6 is 11.3 Å². The van der Waals surface area contributed by atoms with Crippen LogP contribution in [-0.4, -0.2) is 10.7 Å². The number of allylic oxidation sites excluding steroid dienone is 1. The first-order chi connectivity index (χ1) is 26.7. The van der Waals surface area contributed by atoms with E-state index < -0.39 is 0 Å². The Morgan fingerprint density at radius 1 is 0.556 bits per heavy atom. The molecule has 1 aliphatic rings. The van der Waals surface area contributed by atoms with Crippen molar-refractivity contribution in [3.8, 4) is 22.4 Å². The van der Waals surface area contributed by atoms with Gasteiger partial charge in [-0.15, -0.1) is 11.3 Å². The molecule has 1 N–H and O–H groups in total. The summed E-state index contributed by atoms with van der Waals surface area (Å²) in [5, 5.41) is 9.47. The maximum Gasteiger partial charge on any atom is 0.147 e. The molecule has 0 saturated heterocycles. The number of para-hydroxylation sites is 1. The van der Waals surface area contributed by atoms with E-state index in [1.807, 2.05) is 29.5 Å². The van der Waals surface area contributed by atoms with Crippen molar-refractivity contribution < 1.29 is 4.42 Å². The van der Waals surface area contributed by atoms with Crippen LogP contribution in [0.4, 0.5) is 0 Å². The van der Waals surface area contributed by atoms with Gasteiger partial charge in [-0.1, -0.05) is 140 Å². The molecule has 10 aromatic rings. The lowest BCUT2D eigenvalue weighted by Crippen LogP contribution is -2.24. The summed E-state index contributed by atoms with van der Waals surface area (Å²) in [6, 6.07) is 59.7. The molecule has 54 heavy (non-hydrogen) atoms. The second-order valence-electron chi connectivity index (χ2n) is 13.7. The SMILES string of the molecule is C1=C(c2cccc3c2sc2ccccc23)NC(c2ccccc2)N=C1c1ccc(-c2ccc3oc4c5ccccc5nc(-c5ccccc5)c4c3c2)cc1. The fourth-order valence-electron chi connectivity index (χ4n) is 7.88. The molecule has 0 aliphatic carbocycles. The van der Waals surface area contributed by atoms with Crippen LogP contribution in [0.25, 0.3) is 81.1 Å². The highest BCUT2D eigenvalue weighted by molar-refractivity contribution is 7.26. The van der Waals surface area contributed by atoms with Crippen LogP contribution in [0.1, 0.15) is 22.9 Å². The smallest absolute Gasteiger partial charge is 0.147 e. The second kappa shape index (κ2) is 12.4. The average Bonchev–Trinajstić information content (AvgIpc) is 3.83. The number of hydrogen-bond donors (Lipinski definition) is 1. The number of rotatable bonds is 5. The van der Waals surface area contributed by atoms with Crippen molar-refractivity contribution in [1.29, 1.82) is 0 Å². The summed E-state index contributed by atoms with van der Waals surface area (Å²) in [4.78, 5) is 10.4. The van der Waals surface area contributed by atoms with Gasteiger partial charge in [0.1, 0.15) is 17.3 Å². The highest BCUT2D eigenvalue weighted by Gasteiger charge is 2.22. The van der Waals surface area contributed by atoms with Crippen molar-refractivity contribution in [3.05, 3.63) is 193 Å². The minimum atomic E-state index is -0.217. The third kappa shape index (κ3) is 5.05. The normalized spacial score (nSPS) is 14.5. The van der Waals surface area contributed by atoms with E-state index in [1.165, 1.54) is 25.7 Å². The van der Waals surface area contributed by atoms with Gasteiger partial charge in [-0.3, -0.25) is 4.99 Å². The van der Waals surface area contributed by atoms with Gasteiger partial charge < -0.3 is 9.73 Å². The van der Waals surface area contributed by atoms with Gasteiger partial charge in [0.05, 0.1) is 22.3 Å². The van der Waals surface area contributed by atoms with Crippen LogP contribution in [-0.2, 0) is 0 Å². The minimum absolute atomic E-state index is 0.217. The van der Waals surface area contributed by atoms with Gasteiger partial charge in [0, 0.05) is 47.8 Å². The Bertz CT molecular complexity index is 3120. The van der Waals surface area contributed by atoms with Crippen LogP contribution in [0.2, 0.25) is 0 Å². The number of furan rings is 1. The maximum atomic E-state index is 6.59. The zero-order chi connectivity index (χ0) is 35.6. The zero-order valence-corrected chi connectivity index (χ0v) is 29.8. The molecule has 0 bridgehead atoms. The number of nitrogens with one attached hydrogen (secondary N) is 1. The van der Waals surface area contributed by atoms with Gasteiger partial charge >= 0.3 is 0 Å². The predicted octanol–water partition coefficient (Wildman–Crippen LogP) is 13.0. The van der Waals surface area contributed by atoms with Gasteiger partial charge in [0.15, 0.2) is 0 Å². The van der Waals surface area contributed by atoms with Gasteiger partial charge in [0.25, 0.3) is 0 Å². The molecule has 4 nitrogen and oxygen atoms in total. The molecule has 0 fully saturated rings. The fraction of sp³-hybridized carbons (Fsp3) is 0.0204. The Kier molecular flexibility index (Phi) is 7.07. The molecule has 11 rings (SSSR count). The number of benzene rings is 7. The number of hydrogen-bond acceptors (Lipinski definition) is 5. The highest BCUT2D eigenvalue weighted by atomic mass is 32.1. The van der Waals surface area contributed by atoms with Gasteiger partial charge in [-0.25, -0.2) is 4.98 Å². The van der Waals surface area contributed by atoms with Crippen molar-refractivity contribution in [2.75, 3.05) is 0 Å². The first kappa shape index (κ1) is 30.8. The molecule has 4 heterocycles. The summed E-state index contributed by atoms with van der Waals surface area (Å²) in [7, 11) is 0. The van der Waals surface area contributed by atoms with Crippen molar-refractivity contribution in [2.45, 2.75) is 6.17 Å². The second-order valence-corrected chi connectivity index (χ2v) is 14.8. The Morgan fingerprint density at radius 2 is 1.26 bits per heavy atom. The number of thiophene rings is 1. The van der Waals surface area contributed by atoms with Crippen molar-refractivity contribution >= 4 is 75.8 Å². The summed E-state index contributed by atoms with van der Waals surface area (Å²) < 4.78 is 9.16. The van der Waals surface area contributed by atoms with Crippen LogP contribution in [0.15, 0.2) is 185 Å². The number of fused-ring (bicyclic) bond motifs is 8. The van der Waals surface area contributed by atoms with Crippen molar-refractivity contribution in [2.24, 2.45) is 4.99 Å². The fourth-order valence-corrected chi connectivity index (χ4v) is 9.11. The summed E-state index contributed by atoms with van der Waals surface area (Å²) in [6.07, 6.45) is 1.99. The van der Waals surface area contributed by atoms with E-state index in [4.69, 9.17) is 14.4 Å². The molecule has 0 spiro atoms. The summed E-state index contributed by atoms with van der Waals surface area (Å²) in [6.45, 7) is 0. The molecule has 3 aromatic heterocycles. The van der Waals surface area contributed by atoms with E-state index in [0.717, 1.165) is 77.8 Å². The van der Waals surface area contributed by atoms with E-state index in [9.17, 15) is 0 Å². The summed E-state index contributed by atoms with van der Waals surface area (Å²) in [5.74, 6) is 0. The summed E-state index contributed by atoms with van der Waals surface area (Å²) in [5.41, 5.74) is 12.3. The Labute approximate surface area is 315 Å². The standard InChI is InChI=1S/C49H31N3OS/c1-3-12-32(13-4-1)46-45-39-28-34(26-27-43(39)53-47(45)37-17-7-9-20-40(37)50-46)30-22-24-31(25-23-30)41-29-42(52-49(51-41)33-14-5-2-6-15-33)38-19-11-18-36-35-16-8-10-21-44(35)54-48(36)38/h1-29,49,52H. The molecule has 254 valence electrons. The molecular weight excluding hydrogens is 679 g/mol. The average molecular weight is 710 g/mol. The molecule has 5 heteroatoms. The minimum Gasteiger partial charge on any atom is -0.455 e. The molecular formula is C49H31N3OS. The van der Waals surface area contributed by atoms with Crippen LogP contribution in [0.5, 0.6) is 0 Å². The number of nitrogens with zero attached hydrogens (tertiary/aromatic N) is 2. The first-order valence-corrected chi connectivity index (χ1v) is 19.0. The van der Waals surface area contributed by atoms with Gasteiger partial charge in [-0.2, -0.15) is 0 Å². The molecule has 0 amide bonds. The lowest BCUT2D eigenvalue weighted by Gasteiger charge is -2.25. The number of aromatic nitrogens is 1.